The average Bonchev–Trinajstić information content (AvgIpc) is 3.20. The Morgan fingerprint density at radius 1 is 0.844 bits per heavy atom. The standard InChI is InChI=1S/C27H26N2O2.HI/c1-28-21-29(20-25(28)18-19-26(30)31-2)27(22-12-6-3-7-13-22,23-14-8-4-9-15-23)24-16-10-5-11-17-24;/h3-17,20H,18-19H2,1-2H3;1H/q+1;/p-1. The van der Waals surface area contributed by atoms with Gasteiger partial charge in [0.2, 0.25) is 0 Å². The molecule has 0 N–H and O–H groups in total. The van der Waals surface area contributed by atoms with E-state index < -0.39 is 5.54 Å². The van der Waals surface area contributed by atoms with Crippen molar-refractivity contribution in [2.75, 3.05) is 14.2 Å². The lowest BCUT2D eigenvalue weighted by atomic mass is 9.76. The lowest BCUT2D eigenvalue weighted by Gasteiger charge is -2.36. The largest absolute Gasteiger partial charge is 1.00 e. The van der Waals surface area contributed by atoms with Crippen molar-refractivity contribution in [1.29, 1.82) is 0 Å². The molecular weight excluding hydrogens is 511 g/mol. The van der Waals surface area contributed by atoms with Crippen molar-refractivity contribution in [2.24, 2.45) is 0 Å². The monoisotopic (exact) mass is 537 g/mol. The quantitative estimate of drug-likeness (QED) is 0.200. The molecule has 0 saturated heterocycles. The fourth-order valence-corrected chi connectivity index (χ4v) is 4.18. The lowest BCUT2D eigenvalue weighted by Crippen LogP contribution is -3.00. The number of hydrogen-bond acceptors (Lipinski definition) is 4. The van der Waals surface area contributed by atoms with E-state index in [1.54, 1.807) is 0 Å². The van der Waals surface area contributed by atoms with E-state index in [1.807, 2.05) is 30.1 Å². The molecule has 1 aliphatic rings. The van der Waals surface area contributed by atoms with Gasteiger partial charge in [-0.3, -0.25) is 4.79 Å². The van der Waals surface area contributed by atoms with Gasteiger partial charge in [0.05, 0.1) is 32.5 Å². The maximum Gasteiger partial charge on any atom is 0.565 e. The van der Waals surface area contributed by atoms with Crippen molar-refractivity contribution in [3.05, 3.63) is 126 Å². The highest BCUT2D eigenvalue weighted by atomic mass is 127. The first-order chi connectivity index (χ1) is 15.2. The van der Waals surface area contributed by atoms with Gasteiger partial charge in [-0.25, -0.2) is 0 Å². The van der Waals surface area contributed by atoms with Crippen molar-refractivity contribution in [3.63, 3.8) is 0 Å². The van der Waals surface area contributed by atoms with Crippen molar-refractivity contribution >= 4 is 5.97 Å². The minimum absolute atomic E-state index is 0. The molecule has 0 unspecified atom stereocenters. The molecule has 163 valence electrons. The molecule has 3 aromatic carbocycles. The summed E-state index contributed by atoms with van der Waals surface area (Å²) in [5.74, 6) is -0.215. The van der Waals surface area contributed by atoms with Crippen LogP contribution < -0.4 is 24.0 Å². The first kappa shape index (κ1) is 23.7. The van der Waals surface area contributed by atoms with Gasteiger partial charge in [-0.05, 0) is 16.7 Å². The molecule has 0 saturated carbocycles. The third-order valence-corrected chi connectivity index (χ3v) is 5.72. The molecule has 4 rings (SSSR count). The van der Waals surface area contributed by atoms with Gasteiger partial charge in [-0.2, -0.15) is 0 Å². The topological polar surface area (TPSA) is 32.8 Å². The van der Waals surface area contributed by atoms with E-state index in [1.165, 1.54) is 7.11 Å². The highest BCUT2D eigenvalue weighted by molar-refractivity contribution is 5.69. The fourth-order valence-electron chi connectivity index (χ4n) is 4.18. The predicted molar refractivity (Wildman–Crippen MR) is 121 cm³/mol. The molecular formula is C27H26IN2O2. The number of carbonyl (C=O) groups is 1. The second kappa shape index (κ2) is 10.6. The number of hydrogen-bond donors (Lipinski definition) is 0. The highest BCUT2D eigenvalue weighted by Crippen LogP contribution is 2.45. The van der Waals surface area contributed by atoms with E-state index >= 15 is 0 Å². The van der Waals surface area contributed by atoms with Crippen LogP contribution in [0, 0.1) is 6.67 Å². The summed E-state index contributed by atoms with van der Waals surface area (Å²) in [4.78, 5) is 15.8. The molecule has 0 spiro atoms. The smallest absolute Gasteiger partial charge is 0.565 e. The molecule has 1 aliphatic heterocycles. The van der Waals surface area contributed by atoms with E-state index in [-0.39, 0.29) is 29.9 Å². The number of benzene rings is 3. The Morgan fingerprint density at radius 2 is 1.28 bits per heavy atom. The predicted octanol–water partition coefficient (Wildman–Crippen LogP) is 2.02. The number of allylic oxidation sites excluding steroid dienone is 1. The molecule has 1 radical (unpaired) electrons. The summed E-state index contributed by atoms with van der Waals surface area (Å²) < 4.78 is 4.83. The van der Waals surface area contributed by atoms with Gasteiger partial charge in [0.1, 0.15) is 0 Å². The van der Waals surface area contributed by atoms with E-state index in [2.05, 4.69) is 90.6 Å². The maximum atomic E-state index is 11.7. The molecule has 1 heterocycles. The van der Waals surface area contributed by atoms with Crippen molar-refractivity contribution in [3.8, 4) is 0 Å². The van der Waals surface area contributed by atoms with Crippen molar-refractivity contribution in [2.45, 2.75) is 18.4 Å². The number of methoxy groups -OCH3 is 1. The number of halogens is 1. The zero-order chi connectivity index (χ0) is 21.7. The summed E-state index contributed by atoms with van der Waals surface area (Å²) in [6, 6.07) is 31.4. The Labute approximate surface area is 207 Å². The summed E-state index contributed by atoms with van der Waals surface area (Å²) in [5, 5.41) is 0. The van der Waals surface area contributed by atoms with Gasteiger partial charge in [0, 0.05) is 6.42 Å². The van der Waals surface area contributed by atoms with Crippen molar-refractivity contribution < 1.29 is 33.5 Å². The first-order valence-electron chi connectivity index (χ1n) is 10.4. The Morgan fingerprint density at radius 3 is 1.69 bits per heavy atom. The van der Waals surface area contributed by atoms with E-state index in [9.17, 15) is 4.79 Å². The van der Waals surface area contributed by atoms with Gasteiger partial charge in [0.25, 0.3) is 0 Å². The number of nitrogens with zero attached hydrogens (tertiary/aromatic N) is 2. The van der Waals surface area contributed by atoms with Gasteiger partial charge >= 0.3 is 12.6 Å². The Bertz CT molecular complexity index is 942. The highest BCUT2D eigenvalue weighted by Gasteiger charge is 2.53. The fraction of sp³-hybridized carbons (Fsp3) is 0.185. The summed E-state index contributed by atoms with van der Waals surface area (Å²) in [5.41, 5.74) is 3.82. The Balaban J connectivity index is 0.00000289. The van der Waals surface area contributed by atoms with Crippen molar-refractivity contribution in [1.82, 2.24) is 9.80 Å². The number of ether oxygens (including phenoxy) is 1. The van der Waals surface area contributed by atoms with E-state index in [0.29, 0.717) is 12.8 Å². The Kier molecular flexibility index (Phi) is 7.85. The lowest BCUT2D eigenvalue weighted by molar-refractivity contribution is -0.140. The second-order valence-electron chi connectivity index (χ2n) is 7.53. The molecule has 3 aromatic rings. The molecule has 4 nitrogen and oxygen atoms in total. The molecule has 5 heteroatoms. The van der Waals surface area contributed by atoms with Crippen LogP contribution in [0.4, 0.5) is 0 Å². The van der Waals surface area contributed by atoms with Crippen LogP contribution in [-0.4, -0.2) is 29.9 Å². The molecule has 0 fully saturated rings. The Hall–Kier alpha value is -2.93. The SMILES string of the molecule is COC(=O)CCC1=CN(C(c2ccccc2)(c2ccccc2)c2ccccc2)[C+]N1C.[I-]. The van der Waals surface area contributed by atoms with Crippen LogP contribution in [0.25, 0.3) is 0 Å². The molecule has 0 amide bonds. The first-order valence-corrected chi connectivity index (χ1v) is 10.4. The minimum atomic E-state index is -0.606. The van der Waals surface area contributed by atoms with Crippen LogP contribution in [0.2, 0.25) is 0 Å². The average molecular weight is 537 g/mol. The van der Waals surface area contributed by atoms with Gasteiger partial charge in [-0.15, -0.1) is 9.80 Å². The molecule has 0 atom stereocenters. The zero-order valence-corrected chi connectivity index (χ0v) is 20.4. The normalized spacial score (nSPS) is 13.1. The maximum absolute atomic E-state index is 11.7. The van der Waals surface area contributed by atoms with Crippen LogP contribution in [-0.2, 0) is 15.1 Å². The van der Waals surface area contributed by atoms with Crippen LogP contribution in [0.3, 0.4) is 0 Å². The second-order valence-corrected chi connectivity index (χ2v) is 7.53. The third-order valence-electron chi connectivity index (χ3n) is 5.72. The summed E-state index contributed by atoms with van der Waals surface area (Å²) in [7, 11) is 3.39. The molecule has 0 aromatic heterocycles. The van der Waals surface area contributed by atoms with E-state index in [4.69, 9.17) is 4.74 Å². The van der Waals surface area contributed by atoms with Gasteiger partial charge in [0.15, 0.2) is 5.54 Å². The number of carbonyl (C=O) groups excluding carboxylic acids is 1. The molecule has 32 heavy (non-hydrogen) atoms. The van der Waals surface area contributed by atoms with Crippen LogP contribution in [0.15, 0.2) is 103 Å². The zero-order valence-electron chi connectivity index (χ0n) is 18.2. The van der Waals surface area contributed by atoms with Crippen LogP contribution in [0.5, 0.6) is 0 Å². The number of rotatable bonds is 7. The summed E-state index contributed by atoms with van der Waals surface area (Å²) in [6.07, 6.45) is 3.01. The van der Waals surface area contributed by atoms with E-state index in [0.717, 1.165) is 22.4 Å². The van der Waals surface area contributed by atoms with Crippen LogP contribution >= 0.6 is 0 Å². The summed E-state index contributed by atoms with van der Waals surface area (Å²) in [6.45, 7) is 3.50. The van der Waals surface area contributed by atoms with Gasteiger partial charge in [-0.1, -0.05) is 91.0 Å². The summed E-state index contributed by atoms with van der Waals surface area (Å²) >= 11 is 0. The third kappa shape index (κ3) is 4.48. The minimum Gasteiger partial charge on any atom is -1.00 e. The molecule has 0 bridgehead atoms. The molecule has 0 aliphatic carbocycles. The number of esters is 1. The van der Waals surface area contributed by atoms with Gasteiger partial charge < -0.3 is 28.7 Å². The van der Waals surface area contributed by atoms with Crippen LogP contribution in [0.1, 0.15) is 29.5 Å².